The van der Waals surface area contributed by atoms with E-state index in [0.717, 1.165) is 0 Å². The number of nitrogens with two attached hydrogens (primary N) is 1. The van der Waals surface area contributed by atoms with Crippen LogP contribution in [-0.2, 0) is 42.1 Å². The number of imide groups is 1. The van der Waals surface area contributed by atoms with E-state index in [1.54, 1.807) is 25.3 Å². The highest BCUT2D eigenvalue weighted by molar-refractivity contribution is 8.55. The van der Waals surface area contributed by atoms with Gasteiger partial charge in [-0.25, -0.2) is 29.1 Å². The molecular formula is C26H38N7O12PS. The number of aliphatic hydroxyl groups is 1. The maximum atomic E-state index is 14.3. The first-order valence-electron chi connectivity index (χ1n) is 14.9. The summed E-state index contributed by atoms with van der Waals surface area (Å²) in [6.07, 6.45) is -4.44. The standard InChI is InChI=1S/C26H38N7O12PS/c1-5-15-20(21(39-4)24(44-15)32-7-6-17(35)31-25(32)36)45-46(38,47-12-40-26(37)42-13(2)3)41-9-16-14(34)8-18(43-16)33-11-30-19-22(27)28-10-29-23(19)33/h10-11,13-16,18,20-21,24,34H,5-9,12H2,1-4H3,(H2,27,28,29)(H,31,35,36)/t14-,15+,16-,18-,20+,21+,24+,46?/m0/s1. The van der Waals surface area contributed by atoms with Crippen molar-refractivity contribution in [3.05, 3.63) is 12.7 Å². The predicted octanol–water partition coefficient (Wildman–Crippen LogP) is 1.91. The lowest BCUT2D eigenvalue weighted by molar-refractivity contribution is -0.125. The molecule has 2 aromatic rings. The number of amides is 3. The molecule has 3 fully saturated rings. The normalized spacial score (nSPS) is 29.3. The van der Waals surface area contributed by atoms with Gasteiger partial charge in [0.05, 0.1) is 31.2 Å². The summed E-state index contributed by atoms with van der Waals surface area (Å²) in [5.41, 5.74) is 6.68. The van der Waals surface area contributed by atoms with Crippen molar-refractivity contribution in [3.8, 4) is 0 Å². The summed E-state index contributed by atoms with van der Waals surface area (Å²) in [4.78, 5) is 50.0. The summed E-state index contributed by atoms with van der Waals surface area (Å²) in [7, 11) is 1.38. The largest absolute Gasteiger partial charge is 0.509 e. The Morgan fingerprint density at radius 2 is 2.02 bits per heavy atom. The molecule has 4 N–H and O–H groups in total. The average molecular weight is 704 g/mol. The molecular weight excluding hydrogens is 665 g/mol. The van der Waals surface area contributed by atoms with Gasteiger partial charge in [-0.15, -0.1) is 0 Å². The van der Waals surface area contributed by atoms with Gasteiger partial charge in [0.25, 0.3) is 0 Å². The van der Waals surface area contributed by atoms with E-state index in [-0.39, 0.29) is 31.8 Å². The molecule has 0 spiro atoms. The molecule has 0 radical (unpaired) electrons. The lowest BCUT2D eigenvalue weighted by Gasteiger charge is -2.34. The number of carbonyl (C=O) groups excluding carboxylic acids is 3. The molecule has 5 rings (SSSR count). The number of anilines is 1. The Morgan fingerprint density at radius 3 is 2.72 bits per heavy atom. The minimum absolute atomic E-state index is 0.0610. The molecule has 0 bridgehead atoms. The van der Waals surface area contributed by atoms with Crippen molar-refractivity contribution >= 4 is 53.3 Å². The number of ether oxygens (including phenoxy) is 5. The van der Waals surface area contributed by atoms with Crippen LogP contribution in [0.25, 0.3) is 11.2 Å². The van der Waals surface area contributed by atoms with E-state index in [1.807, 2.05) is 0 Å². The average Bonchev–Trinajstić information content (AvgIpc) is 3.71. The van der Waals surface area contributed by atoms with E-state index in [0.29, 0.717) is 29.0 Å². The molecule has 8 atom stereocenters. The number of fused-ring (bicyclic) bond motifs is 1. The lowest BCUT2D eigenvalue weighted by atomic mass is 10.1. The first-order chi connectivity index (χ1) is 22.4. The Morgan fingerprint density at radius 1 is 1.23 bits per heavy atom. The SMILES string of the molecule is CC[C@H]1O[C@@H](N2CCC(=O)NC2=O)[C@H](OC)[C@@H]1OP(=O)(OC[C@@H]1O[C@H](n2cnc3c(N)ncnc32)C[C@@H]1O)SCOC(=O)OC(C)C. The molecule has 21 heteroatoms. The van der Waals surface area contributed by atoms with E-state index in [1.165, 1.54) is 24.7 Å². The van der Waals surface area contributed by atoms with Crippen LogP contribution in [0.2, 0.25) is 0 Å². The van der Waals surface area contributed by atoms with Gasteiger partial charge in [-0.3, -0.25) is 28.6 Å². The molecule has 0 aliphatic carbocycles. The monoisotopic (exact) mass is 703 g/mol. The Balaban J connectivity index is 1.31. The van der Waals surface area contributed by atoms with E-state index < -0.39 is 79.9 Å². The van der Waals surface area contributed by atoms with Gasteiger partial charge in [0.1, 0.15) is 36.4 Å². The number of hydrogen-bond donors (Lipinski definition) is 3. The number of hydrogen-bond acceptors (Lipinski definition) is 17. The molecule has 0 saturated carbocycles. The van der Waals surface area contributed by atoms with Crippen molar-refractivity contribution in [2.24, 2.45) is 0 Å². The zero-order valence-electron chi connectivity index (χ0n) is 26.1. The minimum Gasteiger partial charge on any atom is -0.432 e. The molecule has 2 aromatic heterocycles. The highest BCUT2D eigenvalue weighted by atomic mass is 32.7. The zero-order valence-corrected chi connectivity index (χ0v) is 27.8. The Kier molecular flexibility index (Phi) is 11.2. The zero-order chi connectivity index (χ0) is 33.9. The second kappa shape index (κ2) is 15.0. The number of urea groups is 1. The first-order valence-corrected chi connectivity index (χ1v) is 18.0. The van der Waals surface area contributed by atoms with Gasteiger partial charge < -0.3 is 34.5 Å². The van der Waals surface area contributed by atoms with Crippen molar-refractivity contribution in [3.63, 3.8) is 0 Å². The summed E-state index contributed by atoms with van der Waals surface area (Å²) in [5.74, 6) is -0.696. The van der Waals surface area contributed by atoms with Crippen LogP contribution in [0.3, 0.4) is 0 Å². The second-order valence-corrected chi connectivity index (χ2v) is 15.1. The van der Waals surface area contributed by atoms with Crippen molar-refractivity contribution in [2.75, 3.05) is 31.9 Å². The van der Waals surface area contributed by atoms with Crippen LogP contribution in [0.1, 0.15) is 46.3 Å². The van der Waals surface area contributed by atoms with Gasteiger partial charge in [0.15, 0.2) is 23.6 Å². The number of methoxy groups -OCH3 is 1. The quantitative estimate of drug-likeness (QED) is 0.153. The summed E-state index contributed by atoms with van der Waals surface area (Å²) in [6.45, 7) is 0.536. The van der Waals surface area contributed by atoms with Crippen LogP contribution in [-0.4, -0.2) is 117 Å². The van der Waals surface area contributed by atoms with Crippen LogP contribution in [0.5, 0.6) is 0 Å². The maximum Gasteiger partial charge on any atom is 0.509 e. The number of imidazole rings is 1. The molecule has 3 aliphatic heterocycles. The molecule has 3 saturated heterocycles. The number of carbonyl (C=O) groups is 3. The Hall–Kier alpha value is -3.10. The van der Waals surface area contributed by atoms with E-state index >= 15 is 0 Å². The van der Waals surface area contributed by atoms with Crippen molar-refractivity contribution in [1.82, 2.24) is 29.7 Å². The predicted molar refractivity (Wildman–Crippen MR) is 162 cm³/mol. The minimum atomic E-state index is -4.25. The molecule has 47 heavy (non-hydrogen) atoms. The lowest BCUT2D eigenvalue weighted by Crippen LogP contribution is -2.57. The van der Waals surface area contributed by atoms with Crippen LogP contribution in [0, 0.1) is 0 Å². The fraction of sp³-hybridized carbons (Fsp3) is 0.692. The molecule has 1 unspecified atom stereocenters. The number of rotatable bonds is 13. The number of nitrogens with one attached hydrogen (secondary N) is 1. The van der Waals surface area contributed by atoms with Crippen molar-refractivity contribution < 1.29 is 56.8 Å². The molecule has 19 nitrogen and oxygen atoms in total. The van der Waals surface area contributed by atoms with E-state index in [4.69, 9.17) is 38.5 Å². The number of nitrogen functional groups attached to an aromatic ring is 1. The third-order valence-corrected chi connectivity index (χ3v) is 11.0. The molecule has 260 valence electrons. The third kappa shape index (κ3) is 7.97. The van der Waals surface area contributed by atoms with Crippen molar-refractivity contribution in [2.45, 2.75) is 89.1 Å². The fourth-order valence-corrected chi connectivity index (χ4v) is 8.17. The topological polar surface area (TPSA) is 238 Å². The van der Waals surface area contributed by atoms with E-state index in [9.17, 15) is 24.1 Å². The third-order valence-electron chi connectivity index (χ3n) is 7.62. The van der Waals surface area contributed by atoms with Crippen LogP contribution in [0.4, 0.5) is 15.4 Å². The molecule has 5 heterocycles. The van der Waals surface area contributed by atoms with Gasteiger partial charge in [-0.1, -0.05) is 6.92 Å². The number of aromatic nitrogens is 4. The van der Waals surface area contributed by atoms with Crippen LogP contribution < -0.4 is 11.1 Å². The molecule has 3 aliphatic rings. The first kappa shape index (κ1) is 35.2. The molecule has 3 amide bonds. The fourth-order valence-electron chi connectivity index (χ4n) is 5.38. The summed E-state index contributed by atoms with van der Waals surface area (Å²) in [6, 6.07) is -0.656. The smallest absolute Gasteiger partial charge is 0.432 e. The highest BCUT2D eigenvalue weighted by Crippen LogP contribution is 2.63. The van der Waals surface area contributed by atoms with Crippen molar-refractivity contribution in [1.29, 1.82) is 0 Å². The van der Waals surface area contributed by atoms with Gasteiger partial charge >= 0.3 is 19.0 Å². The van der Waals surface area contributed by atoms with Crippen LogP contribution >= 0.6 is 18.2 Å². The van der Waals surface area contributed by atoms with Gasteiger partial charge in [0, 0.05) is 37.9 Å². The Labute approximate surface area is 273 Å². The maximum absolute atomic E-state index is 14.3. The summed E-state index contributed by atoms with van der Waals surface area (Å²) < 4.78 is 55.8. The number of nitrogens with zero attached hydrogens (tertiary/aromatic N) is 5. The Bertz CT molecular complexity index is 1500. The summed E-state index contributed by atoms with van der Waals surface area (Å²) >= 11 is 0.572. The highest BCUT2D eigenvalue weighted by Gasteiger charge is 2.52. The number of aliphatic hydroxyl groups excluding tert-OH is 1. The van der Waals surface area contributed by atoms with E-state index in [2.05, 4.69) is 20.3 Å². The van der Waals surface area contributed by atoms with Gasteiger partial charge in [-0.05, 0) is 20.3 Å². The van der Waals surface area contributed by atoms with Crippen LogP contribution in [0.15, 0.2) is 12.7 Å². The van der Waals surface area contributed by atoms with Gasteiger partial charge in [0.2, 0.25) is 5.91 Å². The summed E-state index contributed by atoms with van der Waals surface area (Å²) in [5, 5.41) is 13.1. The molecule has 0 aromatic carbocycles. The van der Waals surface area contributed by atoms with Gasteiger partial charge in [-0.2, -0.15) is 0 Å². The second-order valence-electron chi connectivity index (χ2n) is 11.1.